The second-order valence-electron chi connectivity index (χ2n) is 3.55. The summed E-state index contributed by atoms with van der Waals surface area (Å²) in [6.07, 6.45) is 2.75. The first-order chi connectivity index (χ1) is 8.13. The molecule has 0 bridgehead atoms. The fraction of sp³-hybridized carbons (Fsp3) is 0.308. The molecule has 0 saturated heterocycles. The summed E-state index contributed by atoms with van der Waals surface area (Å²) in [6, 6.07) is 7.69. The summed E-state index contributed by atoms with van der Waals surface area (Å²) < 4.78 is 5.34. The number of carbonyl (C=O) groups is 1. The summed E-state index contributed by atoms with van der Waals surface area (Å²) in [5.74, 6) is -0.0872. The summed E-state index contributed by atoms with van der Waals surface area (Å²) in [7, 11) is 1.90. The maximum Gasteiger partial charge on any atom is 0.328 e. The summed E-state index contributed by atoms with van der Waals surface area (Å²) >= 11 is 0. The fourth-order valence-corrected chi connectivity index (χ4v) is 1.38. The molecule has 0 saturated carbocycles. The molecule has 0 aliphatic heterocycles. The molecule has 1 rings (SSSR count). The molecule has 0 heterocycles. The number of anilines is 1. The average Bonchev–Trinajstić information content (AvgIpc) is 2.30. The highest BCUT2D eigenvalue weighted by Gasteiger charge is 1.99. The van der Waals surface area contributed by atoms with Crippen LogP contribution in [0, 0.1) is 0 Å². The molecule has 0 amide bonds. The SMILES string of the molecule is CCOc1ccc(N(C)C/C=C/C(=O)O)cc1. The van der Waals surface area contributed by atoms with Gasteiger partial charge in [-0.2, -0.15) is 0 Å². The van der Waals surface area contributed by atoms with Crippen molar-refractivity contribution >= 4 is 11.7 Å². The van der Waals surface area contributed by atoms with Gasteiger partial charge in [-0.05, 0) is 31.2 Å². The first-order valence-corrected chi connectivity index (χ1v) is 5.47. The third-order valence-corrected chi connectivity index (χ3v) is 2.23. The van der Waals surface area contributed by atoms with Crippen LogP contribution < -0.4 is 9.64 Å². The first-order valence-electron chi connectivity index (χ1n) is 5.47. The lowest BCUT2D eigenvalue weighted by atomic mass is 10.3. The highest BCUT2D eigenvalue weighted by molar-refractivity contribution is 5.79. The fourth-order valence-electron chi connectivity index (χ4n) is 1.38. The largest absolute Gasteiger partial charge is 0.494 e. The minimum atomic E-state index is -0.926. The van der Waals surface area contributed by atoms with Crippen molar-refractivity contribution in [2.75, 3.05) is 25.1 Å². The molecule has 0 atom stereocenters. The van der Waals surface area contributed by atoms with Gasteiger partial charge in [0.1, 0.15) is 5.75 Å². The van der Waals surface area contributed by atoms with Crippen LogP contribution in [0.5, 0.6) is 5.75 Å². The van der Waals surface area contributed by atoms with Crippen LogP contribution in [0.2, 0.25) is 0 Å². The standard InChI is InChI=1S/C13H17NO3/c1-3-17-12-8-6-11(7-9-12)14(2)10-4-5-13(15)16/h4-9H,3,10H2,1-2H3,(H,15,16)/b5-4+. The van der Waals surface area contributed by atoms with Gasteiger partial charge in [0.15, 0.2) is 0 Å². The average molecular weight is 235 g/mol. The smallest absolute Gasteiger partial charge is 0.328 e. The maximum absolute atomic E-state index is 10.3. The molecule has 4 nitrogen and oxygen atoms in total. The predicted octanol–water partition coefficient (Wildman–Crippen LogP) is 2.16. The number of likely N-dealkylation sites (N-methyl/N-ethyl adjacent to an activating group) is 1. The molecular formula is C13H17NO3. The van der Waals surface area contributed by atoms with Crippen LogP contribution in [0.25, 0.3) is 0 Å². The van der Waals surface area contributed by atoms with Gasteiger partial charge in [0.25, 0.3) is 0 Å². The molecule has 0 spiro atoms. The Morgan fingerprint density at radius 1 is 1.41 bits per heavy atom. The van der Waals surface area contributed by atoms with Crippen molar-refractivity contribution in [1.82, 2.24) is 0 Å². The van der Waals surface area contributed by atoms with Crippen molar-refractivity contribution in [1.29, 1.82) is 0 Å². The minimum absolute atomic E-state index is 0.556. The van der Waals surface area contributed by atoms with Crippen molar-refractivity contribution in [2.45, 2.75) is 6.92 Å². The van der Waals surface area contributed by atoms with Gasteiger partial charge in [-0.25, -0.2) is 4.79 Å². The summed E-state index contributed by atoms with van der Waals surface area (Å²) in [5.41, 5.74) is 1.02. The molecule has 1 aromatic rings. The van der Waals surface area contributed by atoms with E-state index in [2.05, 4.69) is 0 Å². The van der Waals surface area contributed by atoms with Crippen molar-refractivity contribution in [3.63, 3.8) is 0 Å². The van der Waals surface area contributed by atoms with Crippen LogP contribution in [0.15, 0.2) is 36.4 Å². The number of benzene rings is 1. The molecule has 0 aliphatic rings. The van der Waals surface area contributed by atoms with E-state index in [0.29, 0.717) is 13.2 Å². The number of hydrogen-bond donors (Lipinski definition) is 1. The monoisotopic (exact) mass is 235 g/mol. The zero-order valence-electron chi connectivity index (χ0n) is 10.1. The van der Waals surface area contributed by atoms with E-state index in [1.807, 2.05) is 43.1 Å². The Bertz CT molecular complexity index is 384. The Labute approximate surface area is 101 Å². The molecule has 0 unspecified atom stereocenters. The van der Waals surface area contributed by atoms with E-state index in [-0.39, 0.29) is 0 Å². The number of carboxylic acids is 1. The number of hydrogen-bond acceptors (Lipinski definition) is 3. The van der Waals surface area contributed by atoms with Gasteiger partial charge in [-0.3, -0.25) is 0 Å². The number of aliphatic carboxylic acids is 1. The van der Waals surface area contributed by atoms with Crippen molar-refractivity contribution in [3.05, 3.63) is 36.4 Å². The summed E-state index contributed by atoms with van der Waals surface area (Å²) in [5, 5.41) is 8.47. The highest BCUT2D eigenvalue weighted by atomic mass is 16.5. The van der Waals surface area contributed by atoms with Crippen molar-refractivity contribution in [3.8, 4) is 5.75 Å². The molecule has 0 radical (unpaired) electrons. The zero-order chi connectivity index (χ0) is 12.7. The van der Waals surface area contributed by atoms with Crippen LogP contribution in [0.4, 0.5) is 5.69 Å². The van der Waals surface area contributed by atoms with E-state index in [1.165, 1.54) is 0 Å². The zero-order valence-corrected chi connectivity index (χ0v) is 10.1. The van der Waals surface area contributed by atoms with E-state index in [9.17, 15) is 4.79 Å². The normalized spacial score (nSPS) is 10.5. The van der Waals surface area contributed by atoms with Crippen LogP contribution in [0.1, 0.15) is 6.92 Å². The van der Waals surface area contributed by atoms with Gasteiger partial charge in [0.2, 0.25) is 0 Å². The Balaban J connectivity index is 2.57. The van der Waals surface area contributed by atoms with Gasteiger partial charge in [-0.1, -0.05) is 6.08 Å². The molecule has 0 aliphatic carbocycles. The quantitative estimate of drug-likeness (QED) is 0.768. The van der Waals surface area contributed by atoms with Crippen molar-refractivity contribution in [2.24, 2.45) is 0 Å². The highest BCUT2D eigenvalue weighted by Crippen LogP contribution is 2.18. The Morgan fingerprint density at radius 2 is 2.06 bits per heavy atom. The molecule has 4 heteroatoms. The van der Waals surface area contributed by atoms with E-state index in [1.54, 1.807) is 6.08 Å². The Hall–Kier alpha value is -1.97. The van der Waals surface area contributed by atoms with E-state index < -0.39 is 5.97 Å². The third kappa shape index (κ3) is 4.59. The van der Waals surface area contributed by atoms with E-state index in [4.69, 9.17) is 9.84 Å². The van der Waals surface area contributed by atoms with E-state index in [0.717, 1.165) is 17.5 Å². The molecule has 17 heavy (non-hydrogen) atoms. The van der Waals surface area contributed by atoms with Gasteiger partial charge in [0, 0.05) is 25.4 Å². The Kier molecular flexibility index (Phi) is 5.07. The number of carboxylic acid groups (broad SMARTS) is 1. The van der Waals surface area contributed by atoms with Gasteiger partial charge in [-0.15, -0.1) is 0 Å². The van der Waals surface area contributed by atoms with Gasteiger partial charge in [0.05, 0.1) is 6.61 Å². The van der Waals surface area contributed by atoms with Crippen LogP contribution in [0.3, 0.4) is 0 Å². The topological polar surface area (TPSA) is 49.8 Å². The van der Waals surface area contributed by atoms with Gasteiger partial charge >= 0.3 is 5.97 Å². The molecule has 0 aromatic heterocycles. The van der Waals surface area contributed by atoms with Crippen LogP contribution in [-0.2, 0) is 4.79 Å². The van der Waals surface area contributed by atoms with Crippen molar-refractivity contribution < 1.29 is 14.6 Å². The number of ether oxygens (including phenoxy) is 1. The predicted molar refractivity (Wildman–Crippen MR) is 67.7 cm³/mol. The number of nitrogens with zero attached hydrogens (tertiary/aromatic N) is 1. The lowest BCUT2D eigenvalue weighted by Crippen LogP contribution is -2.16. The molecular weight excluding hydrogens is 218 g/mol. The third-order valence-electron chi connectivity index (χ3n) is 2.23. The second kappa shape index (κ2) is 6.58. The first kappa shape index (κ1) is 13.1. The molecule has 92 valence electrons. The number of rotatable bonds is 6. The van der Waals surface area contributed by atoms with Crippen LogP contribution >= 0.6 is 0 Å². The van der Waals surface area contributed by atoms with E-state index >= 15 is 0 Å². The van der Waals surface area contributed by atoms with Gasteiger partial charge < -0.3 is 14.7 Å². The summed E-state index contributed by atoms with van der Waals surface area (Å²) in [6.45, 7) is 3.15. The lowest BCUT2D eigenvalue weighted by molar-refractivity contribution is -0.131. The molecule has 1 N–H and O–H groups in total. The molecule has 0 fully saturated rings. The second-order valence-corrected chi connectivity index (χ2v) is 3.55. The molecule has 1 aromatic carbocycles. The van der Waals surface area contributed by atoms with Crippen LogP contribution in [-0.4, -0.2) is 31.3 Å². The Morgan fingerprint density at radius 3 is 2.59 bits per heavy atom. The lowest BCUT2D eigenvalue weighted by Gasteiger charge is -2.17. The maximum atomic E-state index is 10.3. The summed E-state index contributed by atoms with van der Waals surface area (Å²) in [4.78, 5) is 12.3. The minimum Gasteiger partial charge on any atom is -0.494 e.